The third kappa shape index (κ3) is 3.98. The number of aromatic nitrogens is 2. The predicted molar refractivity (Wildman–Crippen MR) is 95.6 cm³/mol. The molecule has 3 rings (SSSR count). The molecule has 3 aromatic rings. The van der Waals surface area contributed by atoms with Gasteiger partial charge in [0, 0.05) is 30.7 Å². The summed E-state index contributed by atoms with van der Waals surface area (Å²) in [5.41, 5.74) is 3.12. The summed E-state index contributed by atoms with van der Waals surface area (Å²) in [5.74, 6) is 0.843. The van der Waals surface area contributed by atoms with Crippen molar-refractivity contribution in [2.45, 2.75) is 13.5 Å². The zero-order chi connectivity index (χ0) is 16.8. The van der Waals surface area contributed by atoms with Crippen LogP contribution in [0, 0.1) is 6.92 Å². The van der Waals surface area contributed by atoms with Gasteiger partial charge in [-0.15, -0.1) is 0 Å². The highest BCUT2D eigenvalue weighted by Crippen LogP contribution is 2.11. The Morgan fingerprint density at radius 3 is 2.54 bits per heavy atom. The fourth-order valence-corrected chi connectivity index (χ4v) is 2.41. The average Bonchev–Trinajstić information content (AvgIpc) is 3.05. The van der Waals surface area contributed by atoms with E-state index in [-0.39, 0.29) is 5.91 Å². The number of hydrogen-bond donors (Lipinski definition) is 1. The van der Waals surface area contributed by atoms with Gasteiger partial charge in [0.2, 0.25) is 5.91 Å². The Balaban J connectivity index is 1.56. The summed E-state index contributed by atoms with van der Waals surface area (Å²) in [6.45, 7) is 2.47. The summed E-state index contributed by atoms with van der Waals surface area (Å²) in [5, 5.41) is 2.89. The Hall–Kier alpha value is -3.14. The Bertz CT molecular complexity index is 833. The Morgan fingerprint density at radius 1 is 1.12 bits per heavy atom. The molecule has 2 aromatic carbocycles. The van der Waals surface area contributed by atoms with Crippen molar-refractivity contribution >= 4 is 12.0 Å². The molecule has 0 saturated heterocycles. The lowest BCUT2D eigenvalue weighted by atomic mass is 10.2. The first-order valence-corrected chi connectivity index (χ1v) is 7.82. The standard InChI is InChI=1S/C20H19N3O/c1-16-21-13-14-23(16)19-10-7-18(8-11-19)15-22-20(24)12-9-17-5-3-2-4-6-17/h2-14H,15H2,1H3,(H,22,24)/b12-9+. The van der Waals surface area contributed by atoms with Gasteiger partial charge in [-0.1, -0.05) is 42.5 Å². The molecule has 0 aliphatic rings. The van der Waals surface area contributed by atoms with E-state index < -0.39 is 0 Å². The van der Waals surface area contributed by atoms with Crippen LogP contribution < -0.4 is 5.32 Å². The first-order valence-electron chi connectivity index (χ1n) is 7.82. The molecule has 0 bridgehead atoms. The number of rotatable bonds is 5. The van der Waals surface area contributed by atoms with Crippen LogP contribution in [0.25, 0.3) is 11.8 Å². The minimum Gasteiger partial charge on any atom is -0.348 e. The molecule has 1 N–H and O–H groups in total. The minimum absolute atomic E-state index is 0.103. The molecule has 1 aromatic heterocycles. The maximum Gasteiger partial charge on any atom is 0.244 e. The van der Waals surface area contributed by atoms with Gasteiger partial charge in [0.05, 0.1) is 0 Å². The second kappa shape index (κ2) is 7.42. The van der Waals surface area contributed by atoms with Crippen molar-refractivity contribution in [3.05, 3.63) is 90.0 Å². The topological polar surface area (TPSA) is 46.9 Å². The van der Waals surface area contributed by atoms with Gasteiger partial charge in [-0.05, 0) is 36.3 Å². The number of carbonyl (C=O) groups is 1. The van der Waals surface area contributed by atoms with Crippen molar-refractivity contribution in [1.82, 2.24) is 14.9 Å². The maximum atomic E-state index is 11.9. The van der Waals surface area contributed by atoms with Gasteiger partial charge in [-0.3, -0.25) is 4.79 Å². The van der Waals surface area contributed by atoms with Crippen molar-refractivity contribution in [3.63, 3.8) is 0 Å². The van der Waals surface area contributed by atoms with E-state index >= 15 is 0 Å². The van der Waals surface area contributed by atoms with Crippen molar-refractivity contribution in [2.24, 2.45) is 0 Å². The zero-order valence-electron chi connectivity index (χ0n) is 13.5. The lowest BCUT2D eigenvalue weighted by Gasteiger charge is -2.07. The van der Waals surface area contributed by atoms with Crippen LogP contribution in [0.1, 0.15) is 17.0 Å². The lowest BCUT2D eigenvalue weighted by molar-refractivity contribution is -0.116. The van der Waals surface area contributed by atoms with Crippen LogP contribution in [-0.2, 0) is 11.3 Å². The number of aryl methyl sites for hydroxylation is 1. The van der Waals surface area contributed by atoms with Gasteiger partial charge in [0.25, 0.3) is 0 Å². The summed E-state index contributed by atoms with van der Waals surface area (Å²) in [6.07, 6.45) is 7.07. The molecule has 0 saturated carbocycles. The molecule has 0 aliphatic heterocycles. The van der Waals surface area contributed by atoms with Crippen LogP contribution in [0.2, 0.25) is 0 Å². The first kappa shape index (κ1) is 15.7. The number of hydrogen-bond acceptors (Lipinski definition) is 2. The van der Waals surface area contributed by atoms with E-state index in [2.05, 4.69) is 10.3 Å². The molecule has 24 heavy (non-hydrogen) atoms. The monoisotopic (exact) mass is 317 g/mol. The predicted octanol–water partition coefficient (Wildman–Crippen LogP) is 3.51. The molecule has 4 heteroatoms. The number of nitrogens with one attached hydrogen (secondary N) is 1. The highest BCUT2D eigenvalue weighted by Gasteiger charge is 2.01. The Labute approximate surface area is 141 Å². The number of amides is 1. The van der Waals surface area contributed by atoms with Crippen LogP contribution in [0.3, 0.4) is 0 Å². The summed E-state index contributed by atoms with van der Waals surface area (Å²) in [7, 11) is 0. The van der Waals surface area contributed by atoms with Crippen LogP contribution in [-0.4, -0.2) is 15.5 Å². The largest absolute Gasteiger partial charge is 0.348 e. The second-order valence-corrected chi connectivity index (χ2v) is 5.47. The lowest BCUT2D eigenvalue weighted by Crippen LogP contribution is -2.20. The van der Waals surface area contributed by atoms with E-state index in [1.54, 1.807) is 18.3 Å². The summed E-state index contributed by atoms with van der Waals surface area (Å²) >= 11 is 0. The number of imidazole rings is 1. The van der Waals surface area contributed by atoms with Crippen LogP contribution in [0.5, 0.6) is 0 Å². The molecule has 1 heterocycles. The molecule has 1 amide bonds. The van der Waals surface area contributed by atoms with Gasteiger partial charge in [-0.2, -0.15) is 0 Å². The summed E-state index contributed by atoms with van der Waals surface area (Å²) in [4.78, 5) is 16.1. The van der Waals surface area contributed by atoms with Crippen LogP contribution >= 0.6 is 0 Å². The van der Waals surface area contributed by atoms with Gasteiger partial charge >= 0.3 is 0 Å². The van der Waals surface area contributed by atoms with Gasteiger partial charge in [0.1, 0.15) is 5.82 Å². The Morgan fingerprint density at radius 2 is 1.88 bits per heavy atom. The molecule has 4 nitrogen and oxygen atoms in total. The molecule has 120 valence electrons. The third-order valence-electron chi connectivity index (χ3n) is 3.73. The zero-order valence-corrected chi connectivity index (χ0v) is 13.5. The second-order valence-electron chi connectivity index (χ2n) is 5.47. The fraction of sp³-hybridized carbons (Fsp3) is 0.100. The number of carbonyl (C=O) groups excluding carboxylic acids is 1. The van der Waals surface area contributed by atoms with Gasteiger partial charge in [0.15, 0.2) is 0 Å². The molecule has 0 atom stereocenters. The molecule has 0 aliphatic carbocycles. The summed E-state index contributed by atoms with van der Waals surface area (Å²) < 4.78 is 2.02. The molecule has 0 radical (unpaired) electrons. The smallest absolute Gasteiger partial charge is 0.244 e. The van der Waals surface area contributed by atoms with Gasteiger partial charge < -0.3 is 9.88 Å². The fourth-order valence-electron chi connectivity index (χ4n) is 2.41. The SMILES string of the molecule is Cc1nccn1-c1ccc(CNC(=O)/C=C/c2ccccc2)cc1. The average molecular weight is 317 g/mol. The molecular weight excluding hydrogens is 298 g/mol. The first-order chi connectivity index (χ1) is 11.7. The highest BCUT2D eigenvalue weighted by atomic mass is 16.1. The molecule has 0 unspecified atom stereocenters. The number of nitrogens with zero attached hydrogens (tertiary/aromatic N) is 2. The quantitative estimate of drug-likeness (QED) is 0.732. The highest BCUT2D eigenvalue weighted by molar-refractivity contribution is 5.91. The van der Waals surface area contributed by atoms with E-state index in [0.717, 1.165) is 22.6 Å². The van der Waals surface area contributed by atoms with Crippen LogP contribution in [0.4, 0.5) is 0 Å². The third-order valence-corrected chi connectivity index (χ3v) is 3.73. The van der Waals surface area contributed by atoms with E-state index in [4.69, 9.17) is 0 Å². The van der Waals surface area contributed by atoms with Crippen molar-refractivity contribution in [2.75, 3.05) is 0 Å². The molecule has 0 spiro atoms. The maximum absolute atomic E-state index is 11.9. The van der Waals surface area contributed by atoms with E-state index in [9.17, 15) is 4.79 Å². The van der Waals surface area contributed by atoms with Crippen molar-refractivity contribution in [1.29, 1.82) is 0 Å². The van der Waals surface area contributed by atoms with Crippen molar-refractivity contribution < 1.29 is 4.79 Å². The van der Waals surface area contributed by atoms with Gasteiger partial charge in [-0.25, -0.2) is 4.98 Å². The number of benzene rings is 2. The normalized spacial score (nSPS) is 10.9. The minimum atomic E-state index is -0.103. The molecule has 0 fully saturated rings. The molecular formula is C20H19N3O. The Kier molecular flexibility index (Phi) is 4.87. The van der Waals surface area contributed by atoms with E-state index in [0.29, 0.717) is 6.54 Å². The van der Waals surface area contributed by atoms with Crippen LogP contribution in [0.15, 0.2) is 73.1 Å². The summed E-state index contributed by atoms with van der Waals surface area (Å²) in [6, 6.07) is 17.8. The van der Waals surface area contributed by atoms with E-state index in [1.807, 2.05) is 72.3 Å². The van der Waals surface area contributed by atoms with Crippen molar-refractivity contribution in [3.8, 4) is 5.69 Å². The van der Waals surface area contributed by atoms with E-state index in [1.165, 1.54) is 0 Å².